The van der Waals surface area contributed by atoms with E-state index in [0.29, 0.717) is 6.04 Å². The maximum absolute atomic E-state index is 3.73. The Bertz CT molecular complexity index is 271. The summed E-state index contributed by atoms with van der Waals surface area (Å²) in [5, 5.41) is 3.46. The van der Waals surface area contributed by atoms with Crippen molar-refractivity contribution in [1.82, 2.24) is 5.32 Å². The average molecular weight is 221 g/mol. The molecule has 0 saturated heterocycles. The van der Waals surface area contributed by atoms with E-state index < -0.39 is 0 Å². The van der Waals surface area contributed by atoms with Crippen molar-refractivity contribution in [2.24, 2.45) is 0 Å². The summed E-state index contributed by atoms with van der Waals surface area (Å²) in [7, 11) is 0. The second-order valence-corrected chi connectivity index (χ2v) is 4.71. The quantitative estimate of drug-likeness (QED) is 0.430. The van der Waals surface area contributed by atoms with Crippen LogP contribution < -0.4 is 5.32 Å². The summed E-state index contributed by atoms with van der Waals surface area (Å²) in [6, 6.07) is 11.1. The van der Waals surface area contributed by atoms with Gasteiger partial charge in [0.25, 0.3) is 0 Å². The molecule has 1 nitrogen and oxygen atoms in total. The lowest BCUT2D eigenvalue weighted by molar-refractivity contribution is 0.577. The van der Waals surface area contributed by atoms with Gasteiger partial charge in [0.05, 0.1) is 0 Å². The van der Waals surface area contributed by atoms with Gasteiger partial charge in [0.15, 0.2) is 0 Å². The van der Waals surface area contributed by atoms with Crippen LogP contribution in [0.1, 0.15) is 13.3 Å². The molecule has 82 valence electrons. The average Bonchev–Trinajstić information content (AvgIpc) is 2.26. The van der Waals surface area contributed by atoms with Crippen LogP contribution in [-0.4, -0.2) is 18.3 Å². The van der Waals surface area contributed by atoms with E-state index in [1.807, 2.05) is 17.8 Å². The molecule has 0 aromatic heterocycles. The van der Waals surface area contributed by atoms with Crippen LogP contribution in [0, 0.1) is 0 Å². The highest BCUT2D eigenvalue weighted by atomic mass is 32.2. The van der Waals surface area contributed by atoms with Crippen LogP contribution in [0.2, 0.25) is 0 Å². The van der Waals surface area contributed by atoms with Crippen molar-refractivity contribution in [2.45, 2.75) is 24.3 Å². The first kappa shape index (κ1) is 12.3. The molecule has 0 aliphatic heterocycles. The zero-order valence-corrected chi connectivity index (χ0v) is 10.1. The minimum Gasteiger partial charge on any atom is -0.313 e. The molecule has 0 fully saturated rings. The molecule has 2 heteroatoms. The lowest BCUT2D eigenvalue weighted by Crippen LogP contribution is -2.27. The molecule has 0 aliphatic carbocycles. The molecule has 1 atom stereocenters. The molecule has 0 saturated carbocycles. The molecule has 0 spiro atoms. The molecule has 1 unspecified atom stereocenters. The van der Waals surface area contributed by atoms with Gasteiger partial charge in [-0.05, 0) is 25.5 Å². The Morgan fingerprint density at radius 2 is 2.13 bits per heavy atom. The first-order valence-corrected chi connectivity index (χ1v) is 6.33. The van der Waals surface area contributed by atoms with E-state index >= 15 is 0 Å². The molecule has 0 radical (unpaired) electrons. The normalized spacial score (nSPS) is 12.3. The van der Waals surface area contributed by atoms with Crippen LogP contribution in [0.3, 0.4) is 0 Å². The third-order valence-corrected chi connectivity index (χ3v) is 3.14. The molecule has 0 amide bonds. The van der Waals surface area contributed by atoms with Gasteiger partial charge in [0, 0.05) is 23.2 Å². The molecule has 0 bridgehead atoms. The molecular weight excluding hydrogens is 202 g/mol. The summed E-state index contributed by atoms with van der Waals surface area (Å²) in [5.74, 6) is 1.12. The van der Waals surface area contributed by atoms with Crippen molar-refractivity contribution in [3.8, 4) is 0 Å². The topological polar surface area (TPSA) is 12.0 Å². The molecular formula is C13H19NS. The van der Waals surface area contributed by atoms with Gasteiger partial charge in [-0.3, -0.25) is 0 Å². The van der Waals surface area contributed by atoms with Crippen LogP contribution >= 0.6 is 11.8 Å². The second kappa shape index (κ2) is 7.55. The van der Waals surface area contributed by atoms with Crippen LogP contribution in [-0.2, 0) is 0 Å². The highest BCUT2D eigenvalue weighted by molar-refractivity contribution is 7.99. The Hall–Kier alpha value is -0.730. The molecule has 0 aliphatic rings. The monoisotopic (exact) mass is 221 g/mol. The van der Waals surface area contributed by atoms with E-state index in [4.69, 9.17) is 0 Å². The predicted molar refractivity (Wildman–Crippen MR) is 69.4 cm³/mol. The van der Waals surface area contributed by atoms with E-state index in [0.717, 1.165) is 18.7 Å². The smallest absolute Gasteiger partial charge is 0.0106 e. The van der Waals surface area contributed by atoms with Crippen molar-refractivity contribution in [2.75, 3.05) is 12.3 Å². The van der Waals surface area contributed by atoms with Gasteiger partial charge in [-0.1, -0.05) is 24.3 Å². The molecule has 1 rings (SSSR count). The van der Waals surface area contributed by atoms with Gasteiger partial charge >= 0.3 is 0 Å². The molecule has 1 N–H and O–H groups in total. The van der Waals surface area contributed by atoms with Gasteiger partial charge < -0.3 is 5.32 Å². The minimum absolute atomic E-state index is 0.541. The van der Waals surface area contributed by atoms with Crippen molar-refractivity contribution in [1.29, 1.82) is 0 Å². The van der Waals surface area contributed by atoms with Gasteiger partial charge in [-0.25, -0.2) is 0 Å². The first-order valence-electron chi connectivity index (χ1n) is 5.35. The summed E-state index contributed by atoms with van der Waals surface area (Å²) in [6.45, 7) is 6.97. The summed E-state index contributed by atoms with van der Waals surface area (Å²) in [4.78, 5) is 1.34. The van der Waals surface area contributed by atoms with E-state index in [1.54, 1.807) is 0 Å². The standard InChI is InChI=1S/C13H19NS/c1-3-7-12(2)14-10-11-15-13-8-5-4-6-9-13/h3-6,8-9,12,14H,1,7,10-11H2,2H3. The maximum Gasteiger partial charge on any atom is 0.0106 e. The fraction of sp³-hybridized carbons (Fsp3) is 0.385. The largest absolute Gasteiger partial charge is 0.313 e. The highest BCUT2D eigenvalue weighted by Gasteiger charge is 1.97. The summed E-state index contributed by atoms with van der Waals surface area (Å²) in [5.41, 5.74) is 0. The Labute approximate surface area is 97.0 Å². The Balaban J connectivity index is 2.09. The molecule has 0 heterocycles. The second-order valence-electron chi connectivity index (χ2n) is 3.54. The van der Waals surface area contributed by atoms with Gasteiger partial charge in [0.2, 0.25) is 0 Å². The zero-order valence-electron chi connectivity index (χ0n) is 9.28. The third kappa shape index (κ3) is 5.65. The van der Waals surface area contributed by atoms with Crippen molar-refractivity contribution < 1.29 is 0 Å². The van der Waals surface area contributed by atoms with E-state index in [1.165, 1.54) is 4.90 Å². The van der Waals surface area contributed by atoms with Gasteiger partial charge in [0.1, 0.15) is 0 Å². The predicted octanol–water partition coefficient (Wildman–Crippen LogP) is 3.33. The minimum atomic E-state index is 0.541. The van der Waals surface area contributed by atoms with E-state index in [2.05, 4.69) is 49.2 Å². The van der Waals surface area contributed by atoms with Crippen molar-refractivity contribution in [3.63, 3.8) is 0 Å². The summed E-state index contributed by atoms with van der Waals surface area (Å²) >= 11 is 1.89. The number of nitrogens with one attached hydrogen (secondary N) is 1. The highest BCUT2D eigenvalue weighted by Crippen LogP contribution is 2.15. The fourth-order valence-electron chi connectivity index (χ4n) is 1.32. The first-order chi connectivity index (χ1) is 7.33. The van der Waals surface area contributed by atoms with Gasteiger partial charge in [-0.15, -0.1) is 18.3 Å². The van der Waals surface area contributed by atoms with Gasteiger partial charge in [-0.2, -0.15) is 0 Å². The number of benzene rings is 1. The summed E-state index contributed by atoms with van der Waals surface area (Å²) in [6.07, 6.45) is 3.00. The molecule has 1 aromatic rings. The molecule has 15 heavy (non-hydrogen) atoms. The number of hydrogen-bond acceptors (Lipinski definition) is 2. The van der Waals surface area contributed by atoms with Crippen LogP contribution in [0.5, 0.6) is 0 Å². The Morgan fingerprint density at radius 1 is 1.40 bits per heavy atom. The Kier molecular flexibility index (Phi) is 6.21. The lowest BCUT2D eigenvalue weighted by Gasteiger charge is -2.10. The SMILES string of the molecule is C=CCC(C)NCCSc1ccccc1. The van der Waals surface area contributed by atoms with Crippen LogP contribution in [0.4, 0.5) is 0 Å². The van der Waals surface area contributed by atoms with E-state index in [9.17, 15) is 0 Å². The summed E-state index contributed by atoms with van der Waals surface area (Å²) < 4.78 is 0. The lowest BCUT2D eigenvalue weighted by atomic mass is 10.2. The number of thioether (sulfide) groups is 1. The molecule has 1 aromatic carbocycles. The third-order valence-electron chi connectivity index (χ3n) is 2.13. The Morgan fingerprint density at radius 3 is 2.80 bits per heavy atom. The fourth-order valence-corrected chi connectivity index (χ4v) is 2.13. The van der Waals surface area contributed by atoms with Crippen LogP contribution in [0.25, 0.3) is 0 Å². The zero-order chi connectivity index (χ0) is 10.9. The maximum atomic E-state index is 3.73. The van der Waals surface area contributed by atoms with E-state index in [-0.39, 0.29) is 0 Å². The van der Waals surface area contributed by atoms with Crippen LogP contribution in [0.15, 0.2) is 47.9 Å². The number of rotatable bonds is 7. The number of hydrogen-bond donors (Lipinski definition) is 1. The van der Waals surface area contributed by atoms with Crippen molar-refractivity contribution in [3.05, 3.63) is 43.0 Å². The van der Waals surface area contributed by atoms with Crippen molar-refractivity contribution >= 4 is 11.8 Å².